The van der Waals surface area contributed by atoms with Crippen LogP contribution in [0.2, 0.25) is 0 Å². The summed E-state index contributed by atoms with van der Waals surface area (Å²) in [6, 6.07) is 11.8. The number of aryl methyl sites for hydroxylation is 1. The van der Waals surface area contributed by atoms with Gasteiger partial charge in [0.2, 0.25) is 0 Å². The Kier molecular flexibility index (Phi) is 4.74. The van der Waals surface area contributed by atoms with E-state index in [1.165, 1.54) is 6.20 Å². The Labute approximate surface area is 178 Å². The highest BCUT2D eigenvalue weighted by molar-refractivity contribution is 6.01. The first-order valence-corrected chi connectivity index (χ1v) is 10.2. The Morgan fingerprint density at radius 1 is 1.13 bits per heavy atom. The highest BCUT2D eigenvalue weighted by Gasteiger charge is 2.25. The van der Waals surface area contributed by atoms with E-state index in [1.54, 1.807) is 33.6 Å². The number of amides is 2. The molecule has 8 heteroatoms. The van der Waals surface area contributed by atoms with Gasteiger partial charge in [-0.2, -0.15) is 5.10 Å². The number of benzene rings is 1. The molecule has 1 saturated carbocycles. The predicted molar refractivity (Wildman–Crippen MR) is 115 cm³/mol. The molecule has 1 aromatic carbocycles. The normalized spacial score (nSPS) is 13.3. The summed E-state index contributed by atoms with van der Waals surface area (Å²) in [5, 5.41) is 10.3. The number of imidazole rings is 1. The van der Waals surface area contributed by atoms with Gasteiger partial charge in [-0.3, -0.25) is 14.0 Å². The average Bonchev–Trinajstić information content (AvgIpc) is 3.27. The lowest BCUT2D eigenvalue weighted by atomic mass is 10.2. The maximum absolute atomic E-state index is 12.8. The smallest absolute Gasteiger partial charge is 0.270 e. The largest absolute Gasteiger partial charge is 0.348 e. The summed E-state index contributed by atoms with van der Waals surface area (Å²) in [5.41, 5.74) is 4.30. The van der Waals surface area contributed by atoms with E-state index in [4.69, 9.17) is 0 Å². The third-order valence-corrected chi connectivity index (χ3v) is 5.28. The molecule has 5 rings (SSSR count). The molecular weight excluding hydrogens is 392 g/mol. The van der Waals surface area contributed by atoms with Crippen molar-refractivity contribution in [1.82, 2.24) is 29.8 Å². The van der Waals surface area contributed by atoms with E-state index < -0.39 is 0 Å². The number of hydrogen-bond acceptors (Lipinski definition) is 4. The van der Waals surface area contributed by atoms with Gasteiger partial charge in [0.25, 0.3) is 11.8 Å². The molecule has 4 aromatic rings. The Balaban J connectivity index is 1.31. The van der Waals surface area contributed by atoms with Crippen LogP contribution in [0.1, 0.15) is 44.8 Å². The maximum Gasteiger partial charge on any atom is 0.270 e. The van der Waals surface area contributed by atoms with Crippen molar-refractivity contribution in [3.05, 3.63) is 83.6 Å². The summed E-state index contributed by atoms with van der Waals surface area (Å²) in [7, 11) is 0. The summed E-state index contributed by atoms with van der Waals surface area (Å²) in [5.74, 6) is -0.426. The lowest BCUT2D eigenvalue weighted by Gasteiger charge is -2.07. The van der Waals surface area contributed by atoms with Gasteiger partial charge < -0.3 is 10.6 Å². The van der Waals surface area contributed by atoms with E-state index in [0.717, 1.165) is 29.7 Å². The van der Waals surface area contributed by atoms with Crippen molar-refractivity contribution in [2.45, 2.75) is 32.4 Å². The van der Waals surface area contributed by atoms with Crippen molar-refractivity contribution in [2.75, 3.05) is 0 Å². The van der Waals surface area contributed by atoms with Gasteiger partial charge in [-0.05, 0) is 49.6 Å². The van der Waals surface area contributed by atoms with Crippen molar-refractivity contribution < 1.29 is 9.59 Å². The number of carbonyl (C=O) groups excluding carboxylic acids is 2. The second-order valence-corrected chi connectivity index (χ2v) is 7.82. The van der Waals surface area contributed by atoms with Crippen LogP contribution in [0.15, 0.2) is 61.2 Å². The fourth-order valence-corrected chi connectivity index (χ4v) is 3.48. The molecule has 0 aliphatic heterocycles. The lowest BCUT2D eigenvalue weighted by Crippen LogP contribution is -2.27. The first kappa shape index (κ1) is 19.0. The Morgan fingerprint density at radius 2 is 2.00 bits per heavy atom. The summed E-state index contributed by atoms with van der Waals surface area (Å²) >= 11 is 0. The standard InChI is InChI=1S/C23H22N6O2/c1-15-4-2-5-18(10-15)29-14-16(12-26-29)11-25-22(30)19-6-3-9-28-20(13-24-21(19)28)23(31)27-17-7-8-17/h2-6,9-10,12-14,17H,7-8,11H2,1H3,(H,25,30)(H,27,31). The fourth-order valence-electron chi connectivity index (χ4n) is 3.48. The number of carbonyl (C=O) groups is 2. The van der Waals surface area contributed by atoms with Crippen LogP contribution < -0.4 is 10.6 Å². The van der Waals surface area contributed by atoms with E-state index in [-0.39, 0.29) is 17.9 Å². The van der Waals surface area contributed by atoms with E-state index in [9.17, 15) is 9.59 Å². The number of fused-ring (bicyclic) bond motifs is 1. The first-order valence-electron chi connectivity index (χ1n) is 10.2. The summed E-state index contributed by atoms with van der Waals surface area (Å²) in [6.45, 7) is 2.37. The van der Waals surface area contributed by atoms with Crippen LogP contribution in [0, 0.1) is 6.92 Å². The molecule has 0 saturated heterocycles. The van der Waals surface area contributed by atoms with Crippen molar-refractivity contribution in [3.63, 3.8) is 0 Å². The summed E-state index contributed by atoms with van der Waals surface area (Å²) < 4.78 is 3.44. The van der Waals surface area contributed by atoms with Gasteiger partial charge in [-0.1, -0.05) is 12.1 Å². The SMILES string of the molecule is Cc1cccc(-n2cc(CNC(=O)c3cccn4c(C(=O)NC5CC5)cnc34)cn2)c1. The molecule has 3 aromatic heterocycles. The third-order valence-electron chi connectivity index (χ3n) is 5.28. The minimum absolute atomic E-state index is 0.170. The van der Waals surface area contributed by atoms with Crippen LogP contribution >= 0.6 is 0 Å². The molecule has 0 atom stereocenters. The average molecular weight is 414 g/mol. The molecule has 0 unspecified atom stereocenters. The van der Waals surface area contributed by atoms with Gasteiger partial charge in [0.05, 0.1) is 23.6 Å². The van der Waals surface area contributed by atoms with Gasteiger partial charge in [-0.15, -0.1) is 0 Å². The van der Waals surface area contributed by atoms with Gasteiger partial charge in [0.15, 0.2) is 0 Å². The molecule has 8 nitrogen and oxygen atoms in total. The van der Waals surface area contributed by atoms with Gasteiger partial charge in [-0.25, -0.2) is 9.67 Å². The van der Waals surface area contributed by atoms with Gasteiger partial charge >= 0.3 is 0 Å². The molecule has 31 heavy (non-hydrogen) atoms. The topological polar surface area (TPSA) is 93.3 Å². The zero-order chi connectivity index (χ0) is 21.4. The summed E-state index contributed by atoms with van der Waals surface area (Å²) in [6.07, 6.45) is 8.90. The molecule has 0 spiro atoms. The van der Waals surface area contributed by atoms with E-state index in [1.807, 2.05) is 37.4 Å². The van der Waals surface area contributed by atoms with Crippen molar-refractivity contribution in [2.24, 2.45) is 0 Å². The molecule has 1 fully saturated rings. The highest BCUT2D eigenvalue weighted by Crippen LogP contribution is 2.20. The quantitative estimate of drug-likeness (QED) is 0.507. The van der Waals surface area contributed by atoms with Crippen molar-refractivity contribution in [3.8, 4) is 5.69 Å². The Hall–Kier alpha value is -3.94. The monoisotopic (exact) mass is 414 g/mol. The summed E-state index contributed by atoms with van der Waals surface area (Å²) in [4.78, 5) is 29.6. The second kappa shape index (κ2) is 7.71. The van der Waals surface area contributed by atoms with Gasteiger partial charge in [0, 0.05) is 30.5 Å². The van der Waals surface area contributed by atoms with Gasteiger partial charge in [0.1, 0.15) is 11.3 Å². The van der Waals surface area contributed by atoms with Crippen LogP contribution in [0.5, 0.6) is 0 Å². The van der Waals surface area contributed by atoms with E-state index in [0.29, 0.717) is 23.4 Å². The first-order chi connectivity index (χ1) is 15.1. The minimum atomic E-state index is -0.256. The molecule has 1 aliphatic carbocycles. The van der Waals surface area contributed by atoms with Crippen molar-refractivity contribution >= 4 is 17.5 Å². The predicted octanol–water partition coefficient (Wildman–Crippen LogP) is 2.65. The number of hydrogen-bond donors (Lipinski definition) is 2. The molecule has 0 bridgehead atoms. The molecular formula is C23H22N6O2. The zero-order valence-corrected chi connectivity index (χ0v) is 17.1. The molecule has 3 heterocycles. The molecule has 1 aliphatic rings. The number of rotatable bonds is 6. The van der Waals surface area contributed by atoms with Crippen LogP contribution in [-0.2, 0) is 6.54 Å². The molecule has 0 radical (unpaired) electrons. The van der Waals surface area contributed by atoms with Crippen LogP contribution in [-0.4, -0.2) is 37.0 Å². The zero-order valence-electron chi connectivity index (χ0n) is 17.1. The number of nitrogens with one attached hydrogen (secondary N) is 2. The van der Waals surface area contributed by atoms with E-state index >= 15 is 0 Å². The third kappa shape index (κ3) is 3.92. The number of nitrogens with zero attached hydrogens (tertiary/aromatic N) is 4. The Bertz CT molecular complexity index is 1280. The minimum Gasteiger partial charge on any atom is -0.348 e. The lowest BCUT2D eigenvalue weighted by molar-refractivity contribution is 0.0937. The van der Waals surface area contributed by atoms with Crippen molar-refractivity contribution in [1.29, 1.82) is 0 Å². The Morgan fingerprint density at radius 3 is 2.81 bits per heavy atom. The second-order valence-electron chi connectivity index (χ2n) is 7.82. The number of aromatic nitrogens is 4. The molecule has 2 N–H and O–H groups in total. The fraction of sp³-hybridized carbons (Fsp3) is 0.217. The maximum atomic E-state index is 12.8. The van der Waals surface area contributed by atoms with Crippen LogP contribution in [0.3, 0.4) is 0 Å². The van der Waals surface area contributed by atoms with Crippen LogP contribution in [0.4, 0.5) is 0 Å². The molecule has 156 valence electrons. The molecule has 2 amide bonds. The van der Waals surface area contributed by atoms with E-state index in [2.05, 4.69) is 20.7 Å². The highest BCUT2D eigenvalue weighted by atomic mass is 16.2. The van der Waals surface area contributed by atoms with Crippen LogP contribution in [0.25, 0.3) is 11.3 Å². The number of pyridine rings is 1.